The Kier molecular flexibility index (Phi) is 5.52. The topological polar surface area (TPSA) is 58.6 Å². The number of esters is 1. The lowest BCUT2D eigenvalue weighted by molar-refractivity contribution is 0.0222. The van der Waals surface area contributed by atoms with E-state index in [4.69, 9.17) is 9.94 Å². The van der Waals surface area contributed by atoms with Gasteiger partial charge in [-0.05, 0) is 53.8 Å². The fraction of sp³-hybridized carbons (Fsp3) is 0.136. The van der Waals surface area contributed by atoms with Gasteiger partial charge in [0.1, 0.15) is 6.10 Å². The Morgan fingerprint density at radius 3 is 2.68 bits per heavy atom. The molecule has 0 fully saturated rings. The molecule has 1 unspecified atom stereocenters. The number of carbonyl (C=O) groups excluding carboxylic acids is 1. The first-order chi connectivity index (χ1) is 13.7. The first kappa shape index (κ1) is 18.8. The lowest BCUT2D eigenvalue weighted by Gasteiger charge is -2.26. The number of fused-ring (bicyclic) bond motifs is 2. The van der Waals surface area contributed by atoms with Crippen molar-refractivity contribution in [1.29, 1.82) is 0 Å². The Hall–Kier alpha value is -2.54. The molecule has 2 atom stereocenters. The number of ether oxygens (including phenoxy) is 1. The van der Waals surface area contributed by atoms with Crippen molar-refractivity contribution in [3.63, 3.8) is 0 Å². The van der Waals surface area contributed by atoms with Crippen LogP contribution in [0.15, 0.2) is 81.7 Å². The molecule has 0 aliphatic carbocycles. The van der Waals surface area contributed by atoms with Crippen LogP contribution in [-0.2, 0) is 4.74 Å². The first-order valence-corrected chi connectivity index (χ1v) is 10.6. The minimum Gasteiger partial charge on any atom is -0.453 e. The third-order valence-electron chi connectivity index (χ3n) is 4.76. The fourth-order valence-electron chi connectivity index (χ4n) is 3.40. The SMILES string of the molecule is C=CC[C@@H]1c2ccccc2Sc2sccc2C1OC(=O)c1ccc(NO)cc1. The molecule has 3 aromatic rings. The van der Waals surface area contributed by atoms with Gasteiger partial charge in [0, 0.05) is 16.4 Å². The number of thiophene rings is 1. The van der Waals surface area contributed by atoms with Gasteiger partial charge < -0.3 is 4.74 Å². The van der Waals surface area contributed by atoms with Crippen LogP contribution in [0.4, 0.5) is 5.69 Å². The van der Waals surface area contributed by atoms with Crippen LogP contribution >= 0.6 is 23.1 Å². The summed E-state index contributed by atoms with van der Waals surface area (Å²) in [5.74, 6) is -0.385. The molecule has 1 aliphatic heterocycles. The van der Waals surface area contributed by atoms with Crippen LogP contribution in [0.2, 0.25) is 0 Å². The number of hydrogen-bond donors (Lipinski definition) is 2. The van der Waals surface area contributed by atoms with E-state index in [0.29, 0.717) is 17.7 Å². The van der Waals surface area contributed by atoms with Gasteiger partial charge in [0.05, 0.1) is 15.5 Å². The number of allylic oxidation sites excluding steroid dienone is 1. The van der Waals surface area contributed by atoms with Crippen LogP contribution in [0.3, 0.4) is 0 Å². The molecule has 2 N–H and O–H groups in total. The van der Waals surface area contributed by atoms with Crippen molar-refractivity contribution in [1.82, 2.24) is 0 Å². The molecule has 1 aromatic heterocycles. The van der Waals surface area contributed by atoms with E-state index >= 15 is 0 Å². The number of nitrogens with one attached hydrogen (secondary N) is 1. The van der Waals surface area contributed by atoms with Crippen LogP contribution in [0.1, 0.15) is 39.9 Å². The van der Waals surface area contributed by atoms with Gasteiger partial charge in [-0.1, -0.05) is 36.0 Å². The first-order valence-electron chi connectivity index (χ1n) is 8.87. The second kappa shape index (κ2) is 8.22. The van der Waals surface area contributed by atoms with Gasteiger partial charge in [-0.15, -0.1) is 17.9 Å². The highest BCUT2D eigenvalue weighted by Gasteiger charge is 2.34. The molecule has 0 radical (unpaired) electrons. The van der Waals surface area contributed by atoms with Crippen molar-refractivity contribution >= 4 is 34.8 Å². The van der Waals surface area contributed by atoms with E-state index in [2.05, 4.69) is 24.2 Å². The molecule has 0 bridgehead atoms. The summed E-state index contributed by atoms with van der Waals surface area (Å²) in [5, 5.41) is 11.0. The summed E-state index contributed by atoms with van der Waals surface area (Å²) >= 11 is 3.39. The van der Waals surface area contributed by atoms with Crippen LogP contribution in [0.5, 0.6) is 0 Å². The quantitative estimate of drug-likeness (QED) is 0.295. The van der Waals surface area contributed by atoms with E-state index in [1.54, 1.807) is 47.4 Å². The standard InChI is InChI=1S/C22H19NO3S2/c1-2-5-17-16-6-3-4-7-19(16)28-22-18(12-13-27-22)20(17)26-21(24)14-8-10-15(23-25)11-9-14/h2-4,6-13,17,20,23,25H,1,5H2/t17-,20?/m1/s1. The van der Waals surface area contributed by atoms with Gasteiger partial charge in [0.15, 0.2) is 0 Å². The summed E-state index contributed by atoms with van der Waals surface area (Å²) < 4.78 is 7.21. The minimum atomic E-state index is -0.390. The van der Waals surface area contributed by atoms with E-state index in [0.717, 1.165) is 9.77 Å². The third-order valence-corrected chi connectivity index (χ3v) is 7.03. The lowest BCUT2D eigenvalue weighted by atomic mass is 9.87. The van der Waals surface area contributed by atoms with Crippen molar-refractivity contribution in [2.45, 2.75) is 27.5 Å². The van der Waals surface area contributed by atoms with Gasteiger partial charge in [-0.3, -0.25) is 10.7 Å². The highest BCUT2D eigenvalue weighted by molar-refractivity contribution is 8.01. The fourth-order valence-corrected chi connectivity index (χ4v) is 5.67. The summed E-state index contributed by atoms with van der Waals surface area (Å²) in [6.45, 7) is 3.92. The predicted octanol–water partition coefficient (Wildman–Crippen LogP) is 6.27. The summed E-state index contributed by atoms with van der Waals surface area (Å²) in [6.07, 6.45) is 2.20. The van der Waals surface area contributed by atoms with E-state index in [9.17, 15) is 4.79 Å². The van der Waals surface area contributed by atoms with Gasteiger partial charge in [0.25, 0.3) is 0 Å². The van der Waals surface area contributed by atoms with Gasteiger partial charge in [-0.25, -0.2) is 4.79 Å². The average molecular weight is 410 g/mol. The highest BCUT2D eigenvalue weighted by Crippen LogP contribution is 2.51. The molecule has 0 amide bonds. The van der Waals surface area contributed by atoms with E-state index in [-0.39, 0.29) is 11.9 Å². The van der Waals surface area contributed by atoms with E-state index in [1.807, 2.05) is 29.7 Å². The Labute approximate surface area is 171 Å². The molecular formula is C22H19NO3S2. The van der Waals surface area contributed by atoms with Gasteiger partial charge in [-0.2, -0.15) is 0 Å². The van der Waals surface area contributed by atoms with Crippen molar-refractivity contribution in [3.8, 4) is 0 Å². The zero-order chi connectivity index (χ0) is 19.5. The van der Waals surface area contributed by atoms with Crippen LogP contribution in [-0.4, -0.2) is 11.2 Å². The zero-order valence-corrected chi connectivity index (χ0v) is 16.6. The largest absolute Gasteiger partial charge is 0.453 e. The van der Waals surface area contributed by atoms with Gasteiger partial charge in [0.2, 0.25) is 0 Å². The summed E-state index contributed by atoms with van der Waals surface area (Å²) in [5.41, 5.74) is 5.24. The number of rotatable bonds is 5. The van der Waals surface area contributed by atoms with Gasteiger partial charge >= 0.3 is 5.97 Å². The van der Waals surface area contributed by atoms with E-state index < -0.39 is 6.10 Å². The average Bonchev–Trinajstić information content (AvgIpc) is 3.14. The molecule has 0 spiro atoms. The molecule has 4 rings (SSSR count). The maximum atomic E-state index is 12.9. The second-order valence-corrected chi connectivity index (χ2v) is 8.68. The molecule has 0 saturated carbocycles. The molecular weight excluding hydrogens is 390 g/mol. The Morgan fingerprint density at radius 1 is 1.14 bits per heavy atom. The third kappa shape index (κ3) is 3.58. The minimum absolute atomic E-state index is 0.000573. The predicted molar refractivity (Wildman–Crippen MR) is 112 cm³/mol. The Bertz CT molecular complexity index is 997. The summed E-state index contributed by atoms with van der Waals surface area (Å²) in [7, 11) is 0. The zero-order valence-electron chi connectivity index (χ0n) is 15.0. The highest BCUT2D eigenvalue weighted by atomic mass is 32.2. The molecule has 28 heavy (non-hydrogen) atoms. The lowest BCUT2D eigenvalue weighted by Crippen LogP contribution is -2.18. The van der Waals surface area contributed by atoms with Crippen molar-refractivity contribution in [3.05, 3.63) is 89.3 Å². The Balaban J connectivity index is 1.72. The van der Waals surface area contributed by atoms with Crippen LogP contribution in [0, 0.1) is 0 Å². The molecule has 4 nitrogen and oxygen atoms in total. The molecule has 2 aromatic carbocycles. The molecule has 2 heterocycles. The van der Waals surface area contributed by atoms with Crippen molar-refractivity contribution in [2.75, 3.05) is 5.48 Å². The normalized spacial score (nSPS) is 17.8. The number of hydrogen-bond acceptors (Lipinski definition) is 6. The summed E-state index contributed by atoms with van der Waals surface area (Å²) in [4.78, 5) is 14.1. The molecule has 1 aliphatic rings. The summed E-state index contributed by atoms with van der Waals surface area (Å²) in [6, 6.07) is 16.9. The van der Waals surface area contributed by atoms with Crippen molar-refractivity contribution in [2.24, 2.45) is 0 Å². The number of benzene rings is 2. The molecule has 0 saturated heterocycles. The monoisotopic (exact) mass is 409 g/mol. The second-order valence-electron chi connectivity index (χ2n) is 6.45. The van der Waals surface area contributed by atoms with E-state index in [1.165, 1.54) is 10.5 Å². The number of anilines is 1. The Morgan fingerprint density at radius 2 is 1.93 bits per heavy atom. The van der Waals surface area contributed by atoms with Crippen molar-refractivity contribution < 1.29 is 14.7 Å². The maximum Gasteiger partial charge on any atom is 0.338 e. The molecule has 142 valence electrons. The van der Waals surface area contributed by atoms with Crippen LogP contribution in [0.25, 0.3) is 0 Å². The number of carbonyl (C=O) groups is 1. The molecule has 6 heteroatoms. The van der Waals surface area contributed by atoms with Crippen LogP contribution < -0.4 is 5.48 Å². The maximum absolute atomic E-state index is 12.9. The smallest absolute Gasteiger partial charge is 0.338 e.